The summed E-state index contributed by atoms with van der Waals surface area (Å²) in [4.78, 5) is 11.8. The second-order valence-electron chi connectivity index (χ2n) is 4.86. The van der Waals surface area contributed by atoms with Crippen LogP contribution in [0.15, 0.2) is 29.2 Å². The Morgan fingerprint density at radius 3 is 2.24 bits per heavy atom. The van der Waals surface area contributed by atoms with Gasteiger partial charge in [0, 0.05) is 5.56 Å². The third kappa shape index (κ3) is 4.47. The van der Waals surface area contributed by atoms with Gasteiger partial charge in [0.15, 0.2) is 9.84 Å². The van der Waals surface area contributed by atoms with Gasteiger partial charge in [0.1, 0.15) is 0 Å². The molecule has 0 spiro atoms. The van der Waals surface area contributed by atoms with Crippen molar-refractivity contribution in [3.8, 4) is 0 Å². The molecule has 0 aromatic heterocycles. The summed E-state index contributed by atoms with van der Waals surface area (Å²) in [6, 6.07) is 5.13. The van der Waals surface area contributed by atoms with E-state index < -0.39 is 40.0 Å². The lowest BCUT2D eigenvalue weighted by Gasteiger charge is -2.14. The summed E-state index contributed by atoms with van der Waals surface area (Å²) in [6.45, 7) is 1.36. The molecular formula is C13H18F2N2O3S. The first-order valence-corrected chi connectivity index (χ1v) is 7.85. The van der Waals surface area contributed by atoms with E-state index in [0.29, 0.717) is 0 Å². The highest BCUT2D eigenvalue weighted by Crippen LogP contribution is 2.16. The standard InChI is InChI=1S/C13H18F2N2O3S/c1-9(2)21(19,20)11-5-3-10(4-6-11)12(18)17-8-13(14,15)7-16/h3-6,9H,7-8,16H2,1-2H3,(H,17,18). The van der Waals surface area contributed by atoms with E-state index >= 15 is 0 Å². The summed E-state index contributed by atoms with van der Waals surface area (Å²) in [5.41, 5.74) is 4.96. The summed E-state index contributed by atoms with van der Waals surface area (Å²) in [7, 11) is -3.43. The Kier molecular flexibility index (Phi) is 5.41. The minimum Gasteiger partial charge on any atom is -0.346 e. The first kappa shape index (κ1) is 17.5. The molecule has 0 aliphatic carbocycles. The van der Waals surface area contributed by atoms with Gasteiger partial charge in [0.25, 0.3) is 11.8 Å². The average molecular weight is 320 g/mol. The highest BCUT2D eigenvalue weighted by molar-refractivity contribution is 7.92. The van der Waals surface area contributed by atoms with E-state index in [4.69, 9.17) is 5.73 Å². The summed E-state index contributed by atoms with van der Waals surface area (Å²) in [5, 5.41) is 1.47. The number of halogens is 2. The predicted octanol–water partition coefficient (Wildman–Crippen LogP) is 1.19. The van der Waals surface area contributed by atoms with Gasteiger partial charge in [-0.2, -0.15) is 0 Å². The molecule has 0 saturated heterocycles. The maximum Gasteiger partial charge on any atom is 0.277 e. The molecular weight excluding hydrogens is 302 g/mol. The number of rotatable bonds is 6. The van der Waals surface area contributed by atoms with Gasteiger partial charge in [-0.15, -0.1) is 0 Å². The third-order valence-corrected chi connectivity index (χ3v) is 5.04. The first-order chi connectivity index (χ1) is 9.60. The second kappa shape index (κ2) is 6.48. The number of carbonyl (C=O) groups is 1. The van der Waals surface area contributed by atoms with Gasteiger partial charge in [-0.05, 0) is 38.1 Å². The van der Waals surface area contributed by atoms with E-state index in [1.807, 2.05) is 0 Å². The number of nitrogens with one attached hydrogen (secondary N) is 1. The van der Waals surface area contributed by atoms with Crippen LogP contribution < -0.4 is 11.1 Å². The normalized spacial score (nSPS) is 12.5. The van der Waals surface area contributed by atoms with Gasteiger partial charge >= 0.3 is 0 Å². The number of nitrogens with two attached hydrogens (primary N) is 1. The summed E-state index contributed by atoms with van der Waals surface area (Å²) >= 11 is 0. The molecule has 0 bridgehead atoms. The molecule has 3 N–H and O–H groups in total. The summed E-state index contributed by atoms with van der Waals surface area (Å²) in [6.07, 6.45) is 0. The number of hydrogen-bond acceptors (Lipinski definition) is 4. The fraction of sp³-hybridized carbons (Fsp3) is 0.462. The predicted molar refractivity (Wildman–Crippen MR) is 75.1 cm³/mol. The number of alkyl halides is 2. The van der Waals surface area contributed by atoms with Gasteiger partial charge in [0.2, 0.25) is 0 Å². The Hall–Kier alpha value is -1.54. The van der Waals surface area contributed by atoms with E-state index in [9.17, 15) is 22.0 Å². The molecule has 1 aromatic carbocycles. The number of carbonyl (C=O) groups excluding carboxylic acids is 1. The smallest absolute Gasteiger partial charge is 0.277 e. The van der Waals surface area contributed by atoms with E-state index in [-0.39, 0.29) is 10.5 Å². The molecule has 21 heavy (non-hydrogen) atoms. The van der Waals surface area contributed by atoms with Gasteiger partial charge in [-0.25, -0.2) is 17.2 Å². The lowest BCUT2D eigenvalue weighted by Crippen LogP contribution is -2.41. The van der Waals surface area contributed by atoms with Crippen molar-refractivity contribution in [3.63, 3.8) is 0 Å². The number of sulfone groups is 1. The van der Waals surface area contributed by atoms with Crippen LogP contribution in [0.1, 0.15) is 24.2 Å². The quantitative estimate of drug-likeness (QED) is 0.824. The fourth-order valence-corrected chi connectivity index (χ4v) is 2.51. The van der Waals surface area contributed by atoms with Crippen LogP contribution in [0.4, 0.5) is 8.78 Å². The van der Waals surface area contributed by atoms with Crippen molar-refractivity contribution >= 4 is 15.7 Å². The van der Waals surface area contributed by atoms with Crippen LogP contribution in [0.5, 0.6) is 0 Å². The molecule has 1 amide bonds. The van der Waals surface area contributed by atoms with Crippen molar-refractivity contribution < 1.29 is 22.0 Å². The van der Waals surface area contributed by atoms with Crippen molar-refractivity contribution in [3.05, 3.63) is 29.8 Å². The van der Waals surface area contributed by atoms with Crippen molar-refractivity contribution in [1.82, 2.24) is 5.32 Å². The van der Waals surface area contributed by atoms with Crippen LogP contribution in [0.3, 0.4) is 0 Å². The van der Waals surface area contributed by atoms with E-state index in [2.05, 4.69) is 5.32 Å². The highest BCUT2D eigenvalue weighted by atomic mass is 32.2. The molecule has 0 heterocycles. The van der Waals surface area contributed by atoms with Crippen molar-refractivity contribution in [2.75, 3.05) is 13.1 Å². The zero-order valence-electron chi connectivity index (χ0n) is 11.8. The van der Waals surface area contributed by atoms with Crippen LogP contribution in [0, 0.1) is 0 Å². The van der Waals surface area contributed by atoms with Crippen LogP contribution in [0.25, 0.3) is 0 Å². The molecule has 0 atom stereocenters. The molecule has 0 radical (unpaired) electrons. The monoisotopic (exact) mass is 320 g/mol. The van der Waals surface area contributed by atoms with Gasteiger partial charge in [0.05, 0.1) is 23.2 Å². The number of benzene rings is 1. The first-order valence-electron chi connectivity index (χ1n) is 6.30. The van der Waals surface area contributed by atoms with Crippen LogP contribution >= 0.6 is 0 Å². The SMILES string of the molecule is CC(C)S(=O)(=O)c1ccc(C(=O)NCC(F)(F)CN)cc1. The molecule has 0 aliphatic rings. The molecule has 118 valence electrons. The summed E-state index contributed by atoms with van der Waals surface area (Å²) < 4.78 is 49.6. The Labute approximate surface area is 122 Å². The zero-order valence-corrected chi connectivity index (χ0v) is 12.6. The Morgan fingerprint density at radius 1 is 1.29 bits per heavy atom. The summed E-state index contributed by atoms with van der Waals surface area (Å²) in [5.74, 6) is -3.88. The van der Waals surface area contributed by atoms with E-state index in [1.54, 1.807) is 13.8 Å². The van der Waals surface area contributed by atoms with Gasteiger partial charge in [-0.1, -0.05) is 0 Å². The highest BCUT2D eigenvalue weighted by Gasteiger charge is 2.27. The minimum atomic E-state index is -3.43. The molecule has 0 fully saturated rings. The van der Waals surface area contributed by atoms with Gasteiger partial charge in [-0.3, -0.25) is 4.79 Å². The maximum absolute atomic E-state index is 12.9. The molecule has 5 nitrogen and oxygen atoms in total. The zero-order chi connectivity index (χ0) is 16.3. The minimum absolute atomic E-state index is 0.0846. The van der Waals surface area contributed by atoms with E-state index in [0.717, 1.165) is 0 Å². The molecule has 0 aliphatic heterocycles. The lowest BCUT2D eigenvalue weighted by atomic mass is 10.2. The molecule has 8 heteroatoms. The topological polar surface area (TPSA) is 89.3 Å². The maximum atomic E-state index is 12.9. The molecule has 1 aromatic rings. The second-order valence-corrected chi connectivity index (χ2v) is 7.37. The number of hydrogen-bond donors (Lipinski definition) is 2. The average Bonchev–Trinajstić information content (AvgIpc) is 2.44. The van der Waals surface area contributed by atoms with Crippen molar-refractivity contribution in [2.45, 2.75) is 29.9 Å². The Morgan fingerprint density at radius 2 is 1.81 bits per heavy atom. The van der Waals surface area contributed by atoms with Crippen LogP contribution in [0.2, 0.25) is 0 Å². The largest absolute Gasteiger partial charge is 0.346 e. The fourth-order valence-electron chi connectivity index (χ4n) is 1.45. The molecule has 0 unspecified atom stereocenters. The third-order valence-electron chi connectivity index (χ3n) is 2.87. The number of amides is 1. The molecule has 0 saturated carbocycles. The van der Waals surface area contributed by atoms with Crippen molar-refractivity contribution in [1.29, 1.82) is 0 Å². The van der Waals surface area contributed by atoms with Crippen LogP contribution in [-0.4, -0.2) is 38.6 Å². The molecule has 1 rings (SSSR count). The van der Waals surface area contributed by atoms with Crippen LogP contribution in [-0.2, 0) is 9.84 Å². The van der Waals surface area contributed by atoms with Gasteiger partial charge < -0.3 is 11.1 Å². The Balaban J connectivity index is 2.82. The van der Waals surface area contributed by atoms with Crippen molar-refractivity contribution in [2.24, 2.45) is 5.73 Å². The Bertz CT molecular complexity index is 598. The van der Waals surface area contributed by atoms with E-state index in [1.165, 1.54) is 24.3 Å². The lowest BCUT2D eigenvalue weighted by molar-refractivity contribution is 0.0118.